The van der Waals surface area contributed by atoms with Crippen LogP contribution in [0.1, 0.15) is 5.56 Å². The normalized spacial score (nSPS) is 13.1. The van der Waals surface area contributed by atoms with Gasteiger partial charge in [-0.1, -0.05) is 29.8 Å². The highest BCUT2D eigenvalue weighted by Crippen LogP contribution is 2.35. The molecular formula is C18H16N2OS. The van der Waals surface area contributed by atoms with Crippen molar-refractivity contribution in [1.82, 2.24) is 4.98 Å². The molecule has 1 aliphatic heterocycles. The van der Waals surface area contributed by atoms with E-state index < -0.39 is 0 Å². The van der Waals surface area contributed by atoms with Crippen LogP contribution in [-0.4, -0.2) is 18.1 Å². The third-order valence-electron chi connectivity index (χ3n) is 3.75. The summed E-state index contributed by atoms with van der Waals surface area (Å²) in [5.41, 5.74) is 5.63. The van der Waals surface area contributed by atoms with Crippen LogP contribution in [0.5, 0.6) is 5.75 Å². The molecule has 110 valence electrons. The van der Waals surface area contributed by atoms with Crippen LogP contribution in [0.25, 0.3) is 21.8 Å². The van der Waals surface area contributed by atoms with E-state index in [0.717, 1.165) is 46.4 Å². The molecule has 0 saturated heterocycles. The van der Waals surface area contributed by atoms with Gasteiger partial charge in [-0.3, -0.25) is 0 Å². The van der Waals surface area contributed by atoms with Gasteiger partial charge in [0.15, 0.2) is 0 Å². The van der Waals surface area contributed by atoms with Gasteiger partial charge in [0.25, 0.3) is 0 Å². The maximum atomic E-state index is 5.62. The first kappa shape index (κ1) is 13.3. The molecular weight excluding hydrogens is 292 g/mol. The number of hydrogen-bond acceptors (Lipinski definition) is 4. The lowest BCUT2D eigenvalue weighted by Gasteiger charge is -2.19. The number of thiazole rings is 1. The van der Waals surface area contributed by atoms with Crippen LogP contribution in [0.2, 0.25) is 0 Å². The summed E-state index contributed by atoms with van der Waals surface area (Å²) in [5.74, 6) is 0.922. The lowest BCUT2D eigenvalue weighted by molar-refractivity contribution is 0.323. The smallest absolute Gasteiger partial charge is 0.142 e. The first-order valence-corrected chi connectivity index (χ1v) is 8.21. The topological polar surface area (TPSA) is 34.1 Å². The van der Waals surface area contributed by atoms with E-state index in [4.69, 9.17) is 9.72 Å². The fraction of sp³-hybridized carbons (Fsp3) is 0.167. The number of nitrogens with one attached hydrogen (secondary N) is 1. The number of aromatic nitrogens is 1. The molecule has 22 heavy (non-hydrogen) atoms. The monoisotopic (exact) mass is 308 g/mol. The van der Waals surface area contributed by atoms with Crippen LogP contribution in [0.15, 0.2) is 47.8 Å². The first-order chi connectivity index (χ1) is 10.8. The van der Waals surface area contributed by atoms with Gasteiger partial charge in [0.2, 0.25) is 0 Å². The third kappa shape index (κ3) is 2.46. The van der Waals surface area contributed by atoms with E-state index in [-0.39, 0.29) is 0 Å². The highest BCUT2D eigenvalue weighted by Gasteiger charge is 2.12. The van der Waals surface area contributed by atoms with Crippen LogP contribution < -0.4 is 10.1 Å². The zero-order valence-electron chi connectivity index (χ0n) is 12.3. The summed E-state index contributed by atoms with van der Waals surface area (Å²) >= 11 is 1.67. The van der Waals surface area contributed by atoms with Crippen molar-refractivity contribution >= 4 is 17.0 Å². The van der Waals surface area contributed by atoms with E-state index in [1.54, 1.807) is 11.3 Å². The summed E-state index contributed by atoms with van der Waals surface area (Å²) in [6, 6.07) is 14.7. The van der Waals surface area contributed by atoms with Crippen molar-refractivity contribution < 1.29 is 4.74 Å². The highest BCUT2D eigenvalue weighted by molar-refractivity contribution is 7.13. The van der Waals surface area contributed by atoms with Crippen molar-refractivity contribution in [3.05, 3.63) is 53.4 Å². The Morgan fingerprint density at radius 2 is 1.91 bits per heavy atom. The van der Waals surface area contributed by atoms with Gasteiger partial charge in [-0.05, 0) is 25.1 Å². The number of rotatable bonds is 2. The second kappa shape index (κ2) is 5.46. The molecule has 1 N–H and O–H groups in total. The Kier molecular flexibility index (Phi) is 3.31. The lowest BCUT2D eigenvalue weighted by atomic mass is 10.1. The number of anilines is 1. The largest absolute Gasteiger partial charge is 0.490 e. The number of fused-ring (bicyclic) bond motifs is 1. The first-order valence-electron chi connectivity index (χ1n) is 7.33. The molecule has 0 atom stereocenters. The van der Waals surface area contributed by atoms with E-state index in [1.165, 1.54) is 5.56 Å². The Labute approximate surface area is 133 Å². The molecule has 4 heteroatoms. The number of benzene rings is 2. The van der Waals surface area contributed by atoms with Gasteiger partial charge >= 0.3 is 0 Å². The molecule has 0 saturated carbocycles. The Balaban J connectivity index is 1.68. The van der Waals surface area contributed by atoms with Crippen LogP contribution in [0, 0.1) is 6.92 Å². The Bertz CT molecular complexity index is 808. The summed E-state index contributed by atoms with van der Waals surface area (Å²) in [7, 11) is 0. The molecule has 2 aromatic carbocycles. The molecule has 1 aliphatic rings. The van der Waals surface area contributed by atoms with Gasteiger partial charge in [-0.25, -0.2) is 4.98 Å². The number of ether oxygens (including phenoxy) is 1. The molecule has 0 aliphatic carbocycles. The molecule has 4 rings (SSSR count). The maximum Gasteiger partial charge on any atom is 0.142 e. The van der Waals surface area contributed by atoms with Gasteiger partial charge in [-0.15, -0.1) is 11.3 Å². The molecule has 3 nitrogen and oxygen atoms in total. The van der Waals surface area contributed by atoms with Gasteiger partial charge in [0, 0.05) is 23.1 Å². The molecule has 2 heterocycles. The van der Waals surface area contributed by atoms with E-state index in [2.05, 4.69) is 54.0 Å². The molecule has 0 radical (unpaired) electrons. The summed E-state index contributed by atoms with van der Waals surface area (Å²) < 4.78 is 5.62. The summed E-state index contributed by atoms with van der Waals surface area (Å²) in [6.07, 6.45) is 0. The average Bonchev–Trinajstić information content (AvgIpc) is 3.05. The van der Waals surface area contributed by atoms with Gasteiger partial charge < -0.3 is 10.1 Å². The molecule has 0 unspecified atom stereocenters. The maximum absolute atomic E-state index is 5.62. The van der Waals surface area contributed by atoms with Crippen LogP contribution in [0.3, 0.4) is 0 Å². The molecule has 1 aromatic heterocycles. The fourth-order valence-corrected chi connectivity index (χ4v) is 3.36. The standard InChI is InChI=1S/C18H16N2OS/c1-12-2-4-13(5-3-12)16-11-22-18(20-16)14-6-7-17-15(10-14)19-8-9-21-17/h2-7,10-11,19H,8-9H2,1H3. The van der Waals surface area contributed by atoms with Crippen LogP contribution in [0.4, 0.5) is 5.69 Å². The minimum absolute atomic E-state index is 0.723. The molecule has 3 aromatic rings. The summed E-state index contributed by atoms with van der Waals surface area (Å²) in [4.78, 5) is 4.78. The predicted molar refractivity (Wildman–Crippen MR) is 91.7 cm³/mol. The zero-order valence-corrected chi connectivity index (χ0v) is 13.1. The Hall–Kier alpha value is -2.33. The number of nitrogens with zero attached hydrogens (tertiary/aromatic N) is 1. The minimum atomic E-state index is 0.723. The molecule has 0 bridgehead atoms. The van der Waals surface area contributed by atoms with Gasteiger partial charge in [0.1, 0.15) is 17.4 Å². The molecule has 0 fully saturated rings. The third-order valence-corrected chi connectivity index (χ3v) is 4.64. The second-order valence-electron chi connectivity index (χ2n) is 5.39. The molecule has 0 spiro atoms. The molecule has 0 amide bonds. The van der Waals surface area contributed by atoms with Crippen molar-refractivity contribution in [3.8, 4) is 27.6 Å². The quantitative estimate of drug-likeness (QED) is 0.752. The van der Waals surface area contributed by atoms with Crippen molar-refractivity contribution in [2.24, 2.45) is 0 Å². The summed E-state index contributed by atoms with van der Waals surface area (Å²) in [6.45, 7) is 3.67. The Morgan fingerprint density at radius 3 is 2.77 bits per heavy atom. The number of hydrogen-bond donors (Lipinski definition) is 1. The van der Waals surface area contributed by atoms with Crippen molar-refractivity contribution in [2.75, 3.05) is 18.5 Å². The average molecular weight is 308 g/mol. The predicted octanol–water partition coefficient (Wildman–Crippen LogP) is 4.59. The van der Waals surface area contributed by atoms with E-state index >= 15 is 0 Å². The zero-order chi connectivity index (χ0) is 14.9. The van der Waals surface area contributed by atoms with Crippen LogP contribution in [-0.2, 0) is 0 Å². The van der Waals surface area contributed by atoms with Crippen LogP contribution >= 0.6 is 11.3 Å². The SMILES string of the molecule is Cc1ccc(-c2csc(-c3ccc4c(c3)NCCO4)n2)cc1. The van der Waals surface area contributed by atoms with Gasteiger partial charge in [-0.2, -0.15) is 0 Å². The van der Waals surface area contributed by atoms with Crippen molar-refractivity contribution in [3.63, 3.8) is 0 Å². The van der Waals surface area contributed by atoms with E-state index in [1.807, 2.05) is 6.07 Å². The highest BCUT2D eigenvalue weighted by atomic mass is 32.1. The van der Waals surface area contributed by atoms with Crippen molar-refractivity contribution in [2.45, 2.75) is 6.92 Å². The van der Waals surface area contributed by atoms with Gasteiger partial charge in [0.05, 0.1) is 11.4 Å². The number of aryl methyl sites for hydroxylation is 1. The van der Waals surface area contributed by atoms with E-state index in [9.17, 15) is 0 Å². The second-order valence-corrected chi connectivity index (χ2v) is 6.25. The van der Waals surface area contributed by atoms with E-state index in [0.29, 0.717) is 0 Å². The lowest BCUT2D eigenvalue weighted by Crippen LogP contribution is -2.17. The van der Waals surface area contributed by atoms with Crippen molar-refractivity contribution in [1.29, 1.82) is 0 Å². The summed E-state index contributed by atoms with van der Waals surface area (Å²) in [5, 5.41) is 6.52. The Morgan fingerprint density at radius 1 is 1.09 bits per heavy atom. The fourth-order valence-electron chi connectivity index (χ4n) is 2.54. The minimum Gasteiger partial charge on any atom is -0.490 e.